The first-order valence-electron chi connectivity index (χ1n) is 7.68. The molecule has 0 bridgehead atoms. The van der Waals surface area contributed by atoms with Crippen molar-refractivity contribution in [3.63, 3.8) is 0 Å². The molecule has 0 spiro atoms. The summed E-state index contributed by atoms with van der Waals surface area (Å²) >= 11 is 9.42. The Bertz CT molecular complexity index is 807. The number of nitrogens with zero attached hydrogens (tertiary/aromatic N) is 2. The van der Waals surface area contributed by atoms with Crippen LogP contribution in [-0.2, 0) is 16.6 Å². The van der Waals surface area contributed by atoms with Crippen molar-refractivity contribution in [2.24, 2.45) is 0 Å². The van der Waals surface area contributed by atoms with Crippen LogP contribution in [0.25, 0.3) is 0 Å². The van der Waals surface area contributed by atoms with Gasteiger partial charge in [-0.1, -0.05) is 57.9 Å². The number of halogens is 2. The molecule has 7 heteroatoms. The Labute approximate surface area is 156 Å². The quantitative estimate of drug-likeness (QED) is 0.745. The van der Waals surface area contributed by atoms with E-state index in [4.69, 9.17) is 11.6 Å². The monoisotopic (exact) mass is 428 g/mol. The average Bonchev–Trinajstić information content (AvgIpc) is 2.56. The molecular weight excluding hydrogens is 412 g/mol. The lowest BCUT2D eigenvalue weighted by Gasteiger charge is -2.34. The highest BCUT2D eigenvalue weighted by Crippen LogP contribution is 2.28. The molecule has 0 unspecified atom stereocenters. The largest absolute Gasteiger partial charge is 0.296 e. The predicted octanol–water partition coefficient (Wildman–Crippen LogP) is 3.61. The topological polar surface area (TPSA) is 40.6 Å². The molecule has 1 saturated heterocycles. The van der Waals surface area contributed by atoms with Crippen LogP contribution in [0.2, 0.25) is 5.02 Å². The van der Waals surface area contributed by atoms with Gasteiger partial charge in [0.05, 0.1) is 5.02 Å². The van der Waals surface area contributed by atoms with Gasteiger partial charge in [0.15, 0.2) is 0 Å². The zero-order valence-corrected chi connectivity index (χ0v) is 16.2. The highest BCUT2D eigenvalue weighted by molar-refractivity contribution is 9.10. The zero-order valence-electron chi connectivity index (χ0n) is 13.0. The van der Waals surface area contributed by atoms with E-state index in [1.54, 1.807) is 18.2 Å². The Kier molecular flexibility index (Phi) is 5.62. The fraction of sp³-hybridized carbons (Fsp3) is 0.294. The van der Waals surface area contributed by atoms with E-state index in [0.717, 1.165) is 11.0 Å². The number of piperazine rings is 1. The maximum Gasteiger partial charge on any atom is 0.244 e. The molecule has 2 aromatic carbocycles. The second-order valence-electron chi connectivity index (χ2n) is 5.74. The predicted molar refractivity (Wildman–Crippen MR) is 99.6 cm³/mol. The SMILES string of the molecule is O=S(=O)(c1ccc(Br)cc1Cl)N1CCN(Cc2ccccc2)CC1. The maximum atomic E-state index is 12.8. The van der Waals surface area contributed by atoms with Crippen LogP contribution in [0.1, 0.15) is 5.56 Å². The third-order valence-corrected chi connectivity index (χ3v) is 6.97. The van der Waals surface area contributed by atoms with Crippen LogP contribution < -0.4 is 0 Å². The Morgan fingerprint density at radius 2 is 1.67 bits per heavy atom. The summed E-state index contributed by atoms with van der Waals surface area (Å²) in [5.41, 5.74) is 1.24. The third kappa shape index (κ3) is 4.00. The molecule has 0 aliphatic carbocycles. The highest BCUT2D eigenvalue weighted by atomic mass is 79.9. The molecule has 1 fully saturated rings. The molecule has 2 aromatic rings. The lowest BCUT2D eigenvalue weighted by molar-refractivity contribution is 0.181. The summed E-state index contributed by atoms with van der Waals surface area (Å²) in [7, 11) is -3.55. The van der Waals surface area contributed by atoms with Crippen molar-refractivity contribution in [2.75, 3.05) is 26.2 Å². The van der Waals surface area contributed by atoms with Gasteiger partial charge in [-0.2, -0.15) is 4.31 Å². The molecule has 1 aliphatic heterocycles. The number of hydrogen-bond acceptors (Lipinski definition) is 3. The van der Waals surface area contributed by atoms with Crippen molar-refractivity contribution in [1.29, 1.82) is 0 Å². The molecule has 3 rings (SSSR count). The van der Waals surface area contributed by atoms with Crippen molar-refractivity contribution in [2.45, 2.75) is 11.4 Å². The normalized spacial score (nSPS) is 17.1. The standard InChI is InChI=1S/C17H18BrClN2O2S/c18-15-6-7-17(16(19)12-15)24(22,23)21-10-8-20(9-11-21)13-14-4-2-1-3-5-14/h1-7,12H,8-11,13H2. The van der Waals surface area contributed by atoms with Gasteiger partial charge in [0.2, 0.25) is 10.0 Å². The second kappa shape index (κ2) is 7.54. The number of rotatable bonds is 4. The first kappa shape index (κ1) is 17.9. The van der Waals surface area contributed by atoms with Gasteiger partial charge in [0.1, 0.15) is 4.90 Å². The fourth-order valence-electron chi connectivity index (χ4n) is 2.79. The fourth-order valence-corrected chi connectivity index (χ4v) is 5.23. The summed E-state index contributed by atoms with van der Waals surface area (Å²) in [4.78, 5) is 2.44. The second-order valence-corrected chi connectivity index (χ2v) is 8.97. The smallest absolute Gasteiger partial charge is 0.244 e. The molecule has 0 atom stereocenters. The molecule has 4 nitrogen and oxygen atoms in total. The van der Waals surface area contributed by atoms with Gasteiger partial charge < -0.3 is 0 Å². The van der Waals surface area contributed by atoms with Crippen LogP contribution in [0.15, 0.2) is 57.9 Å². The summed E-state index contributed by atoms with van der Waals surface area (Å²) in [6.07, 6.45) is 0. The molecule has 1 heterocycles. The van der Waals surface area contributed by atoms with Crippen molar-refractivity contribution in [3.05, 3.63) is 63.6 Å². The minimum atomic E-state index is -3.55. The van der Waals surface area contributed by atoms with Crippen LogP contribution in [-0.4, -0.2) is 43.8 Å². The summed E-state index contributed by atoms with van der Waals surface area (Å²) < 4.78 is 27.9. The van der Waals surface area contributed by atoms with Crippen molar-refractivity contribution in [1.82, 2.24) is 9.21 Å². The molecule has 0 saturated carbocycles. The van der Waals surface area contributed by atoms with E-state index in [0.29, 0.717) is 26.2 Å². The van der Waals surface area contributed by atoms with E-state index < -0.39 is 10.0 Å². The molecule has 24 heavy (non-hydrogen) atoms. The Balaban J connectivity index is 1.67. The highest BCUT2D eigenvalue weighted by Gasteiger charge is 2.30. The minimum Gasteiger partial charge on any atom is -0.296 e. The first-order chi connectivity index (χ1) is 11.5. The molecule has 0 amide bonds. The van der Waals surface area contributed by atoms with Gasteiger partial charge in [-0.15, -0.1) is 0 Å². The minimum absolute atomic E-state index is 0.170. The molecule has 128 valence electrons. The van der Waals surface area contributed by atoms with Gasteiger partial charge in [0.25, 0.3) is 0 Å². The van der Waals surface area contributed by atoms with Gasteiger partial charge in [-0.05, 0) is 23.8 Å². The molecule has 0 aromatic heterocycles. The van der Waals surface area contributed by atoms with Crippen molar-refractivity contribution >= 4 is 37.6 Å². The van der Waals surface area contributed by atoms with E-state index in [1.165, 1.54) is 9.87 Å². The summed E-state index contributed by atoms with van der Waals surface area (Å²) in [6, 6.07) is 15.1. The zero-order chi connectivity index (χ0) is 17.2. The van der Waals surface area contributed by atoms with E-state index in [-0.39, 0.29) is 9.92 Å². The molecule has 1 aliphatic rings. The average molecular weight is 430 g/mol. The van der Waals surface area contributed by atoms with Gasteiger partial charge >= 0.3 is 0 Å². The van der Waals surface area contributed by atoms with E-state index in [1.807, 2.05) is 18.2 Å². The van der Waals surface area contributed by atoms with Gasteiger partial charge in [0, 0.05) is 37.2 Å². The Hall–Kier alpha value is -0.920. The van der Waals surface area contributed by atoms with Crippen molar-refractivity contribution < 1.29 is 8.42 Å². The summed E-state index contributed by atoms with van der Waals surface area (Å²) in [5.74, 6) is 0. The third-order valence-electron chi connectivity index (χ3n) is 4.09. The first-order valence-corrected chi connectivity index (χ1v) is 10.3. The molecular formula is C17H18BrClN2O2S. The Morgan fingerprint density at radius 3 is 2.29 bits per heavy atom. The maximum absolute atomic E-state index is 12.8. The number of hydrogen-bond donors (Lipinski definition) is 0. The van der Waals surface area contributed by atoms with Crippen LogP contribution in [0.3, 0.4) is 0 Å². The lowest BCUT2D eigenvalue weighted by atomic mass is 10.2. The molecule has 0 N–H and O–H groups in total. The van der Waals surface area contributed by atoms with Crippen LogP contribution in [0.5, 0.6) is 0 Å². The van der Waals surface area contributed by atoms with E-state index in [9.17, 15) is 8.42 Å². The molecule has 0 radical (unpaired) electrons. The van der Waals surface area contributed by atoms with Crippen molar-refractivity contribution in [3.8, 4) is 0 Å². The summed E-state index contributed by atoms with van der Waals surface area (Å²) in [5, 5.41) is 0.246. The van der Waals surface area contributed by atoms with Gasteiger partial charge in [-0.25, -0.2) is 8.42 Å². The van der Waals surface area contributed by atoms with Gasteiger partial charge in [-0.3, -0.25) is 4.90 Å². The van der Waals surface area contributed by atoms with Crippen LogP contribution >= 0.6 is 27.5 Å². The van der Waals surface area contributed by atoms with Crippen LogP contribution in [0.4, 0.5) is 0 Å². The van der Waals surface area contributed by atoms with E-state index in [2.05, 4.69) is 33.0 Å². The Morgan fingerprint density at radius 1 is 1.00 bits per heavy atom. The van der Waals surface area contributed by atoms with E-state index >= 15 is 0 Å². The number of sulfonamides is 1. The van der Waals surface area contributed by atoms with Crippen LogP contribution in [0, 0.1) is 0 Å². The lowest BCUT2D eigenvalue weighted by Crippen LogP contribution is -2.48. The number of benzene rings is 2. The summed E-state index contributed by atoms with van der Waals surface area (Å²) in [6.45, 7) is 3.21.